The highest BCUT2D eigenvalue weighted by molar-refractivity contribution is 6.08. The summed E-state index contributed by atoms with van der Waals surface area (Å²) in [5, 5.41) is 13.6. The number of carbonyl (C=O) groups is 2. The Hall–Kier alpha value is -2.64. The Labute approximate surface area is 128 Å². The Bertz CT molecular complexity index is 673. The number of nitrogens with zero attached hydrogens (tertiary/aromatic N) is 4. The molecule has 2 aromatic rings. The summed E-state index contributed by atoms with van der Waals surface area (Å²) < 4.78 is 3.15. The van der Waals surface area contributed by atoms with Crippen molar-refractivity contribution in [3.63, 3.8) is 0 Å². The first-order valence-electron chi connectivity index (χ1n) is 7.20. The third-order valence-electron chi connectivity index (χ3n) is 3.05. The summed E-state index contributed by atoms with van der Waals surface area (Å²) in [6.07, 6.45) is 5.56. The van der Waals surface area contributed by atoms with E-state index in [9.17, 15) is 9.59 Å². The van der Waals surface area contributed by atoms with Crippen LogP contribution in [0.25, 0.3) is 0 Å². The van der Waals surface area contributed by atoms with Crippen LogP contribution in [0.4, 0.5) is 5.69 Å². The van der Waals surface area contributed by atoms with Gasteiger partial charge < -0.3 is 10.6 Å². The van der Waals surface area contributed by atoms with Gasteiger partial charge in [0.25, 0.3) is 11.8 Å². The van der Waals surface area contributed by atoms with Gasteiger partial charge in [0, 0.05) is 32.5 Å². The monoisotopic (exact) mass is 304 g/mol. The van der Waals surface area contributed by atoms with E-state index in [2.05, 4.69) is 20.8 Å². The minimum Gasteiger partial charge on any atom is -0.351 e. The maximum absolute atomic E-state index is 12.2. The largest absolute Gasteiger partial charge is 0.351 e. The van der Waals surface area contributed by atoms with Gasteiger partial charge in [-0.05, 0) is 13.3 Å². The normalized spacial score (nSPS) is 10.5. The molecule has 0 saturated carbocycles. The van der Waals surface area contributed by atoms with Crippen LogP contribution in [0, 0.1) is 0 Å². The average molecular weight is 304 g/mol. The van der Waals surface area contributed by atoms with E-state index in [1.165, 1.54) is 6.20 Å². The van der Waals surface area contributed by atoms with Gasteiger partial charge in [-0.2, -0.15) is 10.2 Å². The molecule has 0 aliphatic rings. The van der Waals surface area contributed by atoms with Crippen molar-refractivity contribution in [3.05, 3.63) is 29.8 Å². The molecular formula is C14H20N6O2. The summed E-state index contributed by atoms with van der Waals surface area (Å²) in [6, 6.07) is 0. The molecule has 0 saturated heterocycles. The fourth-order valence-electron chi connectivity index (χ4n) is 1.90. The molecular weight excluding hydrogens is 284 g/mol. The van der Waals surface area contributed by atoms with Gasteiger partial charge in [0.15, 0.2) is 5.69 Å². The number of nitrogens with one attached hydrogen (secondary N) is 2. The molecule has 0 unspecified atom stereocenters. The van der Waals surface area contributed by atoms with Crippen LogP contribution < -0.4 is 10.6 Å². The van der Waals surface area contributed by atoms with Gasteiger partial charge >= 0.3 is 0 Å². The lowest BCUT2D eigenvalue weighted by molar-refractivity contribution is 0.0948. The number of anilines is 1. The second kappa shape index (κ2) is 6.88. The molecule has 2 aromatic heterocycles. The van der Waals surface area contributed by atoms with E-state index in [0.717, 1.165) is 6.42 Å². The van der Waals surface area contributed by atoms with Gasteiger partial charge in [-0.25, -0.2) is 0 Å². The average Bonchev–Trinajstić information content (AvgIpc) is 3.11. The number of hydrogen-bond acceptors (Lipinski definition) is 4. The lowest BCUT2D eigenvalue weighted by Gasteiger charge is -2.04. The molecule has 0 spiro atoms. The summed E-state index contributed by atoms with van der Waals surface area (Å²) in [5.74, 6) is -0.621. The molecule has 0 radical (unpaired) electrons. The zero-order valence-corrected chi connectivity index (χ0v) is 13.0. The van der Waals surface area contributed by atoms with Crippen molar-refractivity contribution in [2.45, 2.75) is 26.8 Å². The van der Waals surface area contributed by atoms with Crippen LogP contribution in [0.1, 0.15) is 41.1 Å². The van der Waals surface area contributed by atoms with Crippen molar-refractivity contribution in [3.8, 4) is 0 Å². The van der Waals surface area contributed by atoms with Gasteiger partial charge in [0.1, 0.15) is 0 Å². The minimum atomic E-state index is -0.326. The molecule has 0 aliphatic carbocycles. The molecule has 0 bridgehead atoms. The standard InChI is InChI=1S/C14H20N6O2/c1-4-6-15-14(22)12-11(9-20(5-2)18-12)17-13(21)10-7-16-19(3)8-10/h7-9H,4-6H2,1-3H3,(H,15,22)(H,17,21). The highest BCUT2D eigenvalue weighted by Gasteiger charge is 2.19. The van der Waals surface area contributed by atoms with E-state index >= 15 is 0 Å². The number of amides is 2. The van der Waals surface area contributed by atoms with E-state index in [-0.39, 0.29) is 17.5 Å². The van der Waals surface area contributed by atoms with Crippen LogP contribution in [0.5, 0.6) is 0 Å². The Balaban J connectivity index is 2.20. The highest BCUT2D eigenvalue weighted by atomic mass is 16.2. The number of aryl methyl sites for hydroxylation is 2. The molecule has 0 atom stereocenters. The lowest BCUT2D eigenvalue weighted by atomic mass is 10.3. The molecule has 8 heteroatoms. The fourth-order valence-corrected chi connectivity index (χ4v) is 1.90. The van der Waals surface area contributed by atoms with Crippen molar-refractivity contribution >= 4 is 17.5 Å². The minimum absolute atomic E-state index is 0.215. The third-order valence-corrected chi connectivity index (χ3v) is 3.05. The van der Waals surface area contributed by atoms with Crippen molar-refractivity contribution in [2.24, 2.45) is 7.05 Å². The van der Waals surface area contributed by atoms with Gasteiger partial charge in [-0.3, -0.25) is 19.0 Å². The predicted octanol–water partition coefficient (Wildman–Crippen LogP) is 1.03. The Morgan fingerprint density at radius 3 is 2.59 bits per heavy atom. The zero-order valence-electron chi connectivity index (χ0n) is 13.0. The predicted molar refractivity (Wildman–Crippen MR) is 81.7 cm³/mol. The third kappa shape index (κ3) is 3.51. The second-order valence-corrected chi connectivity index (χ2v) is 4.86. The van der Waals surface area contributed by atoms with Gasteiger partial charge in [-0.1, -0.05) is 6.92 Å². The van der Waals surface area contributed by atoms with Crippen LogP contribution in [-0.4, -0.2) is 37.9 Å². The number of carbonyl (C=O) groups excluding carboxylic acids is 2. The molecule has 2 N–H and O–H groups in total. The molecule has 0 aromatic carbocycles. The van der Waals surface area contributed by atoms with Crippen LogP contribution in [0.3, 0.4) is 0 Å². The zero-order chi connectivity index (χ0) is 16.1. The Kier molecular flexibility index (Phi) is 4.92. The SMILES string of the molecule is CCCNC(=O)c1nn(CC)cc1NC(=O)c1cnn(C)c1. The quantitative estimate of drug-likeness (QED) is 0.833. The summed E-state index contributed by atoms with van der Waals surface area (Å²) in [4.78, 5) is 24.3. The molecule has 2 rings (SSSR count). The fraction of sp³-hybridized carbons (Fsp3) is 0.429. The van der Waals surface area contributed by atoms with E-state index in [1.54, 1.807) is 28.8 Å². The van der Waals surface area contributed by atoms with Crippen molar-refractivity contribution < 1.29 is 9.59 Å². The van der Waals surface area contributed by atoms with E-state index in [4.69, 9.17) is 0 Å². The molecule has 0 aliphatic heterocycles. The van der Waals surface area contributed by atoms with Gasteiger partial charge in [0.05, 0.1) is 17.4 Å². The summed E-state index contributed by atoms with van der Waals surface area (Å²) in [7, 11) is 1.73. The second-order valence-electron chi connectivity index (χ2n) is 4.86. The smallest absolute Gasteiger partial charge is 0.273 e. The first-order chi connectivity index (χ1) is 10.5. The Morgan fingerprint density at radius 1 is 1.23 bits per heavy atom. The van der Waals surface area contributed by atoms with E-state index in [0.29, 0.717) is 24.3 Å². The molecule has 2 heterocycles. The summed E-state index contributed by atoms with van der Waals surface area (Å²) in [6.45, 7) is 5.05. The topological polar surface area (TPSA) is 93.8 Å². The van der Waals surface area contributed by atoms with Crippen LogP contribution >= 0.6 is 0 Å². The number of aromatic nitrogens is 4. The van der Waals surface area contributed by atoms with Crippen LogP contribution in [0.15, 0.2) is 18.6 Å². The van der Waals surface area contributed by atoms with Crippen molar-refractivity contribution in [1.29, 1.82) is 0 Å². The van der Waals surface area contributed by atoms with E-state index < -0.39 is 0 Å². The number of hydrogen-bond donors (Lipinski definition) is 2. The Morgan fingerprint density at radius 2 is 2.00 bits per heavy atom. The summed E-state index contributed by atoms with van der Waals surface area (Å²) >= 11 is 0. The van der Waals surface area contributed by atoms with E-state index in [1.807, 2.05) is 13.8 Å². The molecule has 118 valence electrons. The lowest BCUT2D eigenvalue weighted by Crippen LogP contribution is -2.26. The first kappa shape index (κ1) is 15.7. The molecule has 2 amide bonds. The summed E-state index contributed by atoms with van der Waals surface area (Å²) in [5.41, 5.74) is 1.03. The van der Waals surface area contributed by atoms with Gasteiger partial charge in [-0.15, -0.1) is 0 Å². The maximum atomic E-state index is 12.2. The first-order valence-corrected chi connectivity index (χ1v) is 7.20. The van der Waals surface area contributed by atoms with Crippen molar-refractivity contribution in [2.75, 3.05) is 11.9 Å². The van der Waals surface area contributed by atoms with Crippen LogP contribution in [0.2, 0.25) is 0 Å². The molecule has 8 nitrogen and oxygen atoms in total. The molecule has 22 heavy (non-hydrogen) atoms. The molecule has 0 fully saturated rings. The van der Waals surface area contributed by atoms with Gasteiger partial charge in [0.2, 0.25) is 0 Å². The highest BCUT2D eigenvalue weighted by Crippen LogP contribution is 2.15. The number of rotatable bonds is 6. The van der Waals surface area contributed by atoms with Crippen LogP contribution in [-0.2, 0) is 13.6 Å². The van der Waals surface area contributed by atoms with Crippen molar-refractivity contribution in [1.82, 2.24) is 24.9 Å². The maximum Gasteiger partial charge on any atom is 0.273 e.